The maximum Gasteiger partial charge on any atom is 0.327 e. The summed E-state index contributed by atoms with van der Waals surface area (Å²) in [5.74, 6) is -0.103. The van der Waals surface area contributed by atoms with Gasteiger partial charge in [0, 0.05) is 0 Å². The molecule has 0 bridgehead atoms. The van der Waals surface area contributed by atoms with Crippen LogP contribution in [0.1, 0.15) is 0 Å². The molecule has 0 fully saturated rings. The van der Waals surface area contributed by atoms with Gasteiger partial charge in [-0.1, -0.05) is 0 Å². The fourth-order valence-corrected chi connectivity index (χ4v) is 0.514. The molecule has 0 saturated carbocycles. The smallest absolute Gasteiger partial charge is 0.327 e. The van der Waals surface area contributed by atoms with Gasteiger partial charge < -0.3 is 11.5 Å². The first-order valence-corrected chi connectivity index (χ1v) is 2.49. The van der Waals surface area contributed by atoms with Crippen molar-refractivity contribution in [1.82, 2.24) is 9.97 Å². The van der Waals surface area contributed by atoms with Gasteiger partial charge in [-0.2, -0.15) is 0 Å². The zero-order valence-corrected chi connectivity index (χ0v) is 6.20. The Labute approximate surface area is 67.0 Å². The molecule has 6 nitrogen and oxygen atoms in total. The molecule has 0 radical (unpaired) electrons. The van der Waals surface area contributed by atoms with Crippen molar-refractivity contribution >= 4 is 23.9 Å². The third-order valence-corrected chi connectivity index (χ3v) is 1.01. The Morgan fingerprint density at radius 3 is 2.09 bits per heavy atom. The van der Waals surface area contributed by atoms with Crippen molar-refractivity contribution in [2.75, 3.05) is 11.5 Å². The fraction of sp³-hybridized carbons (Fsp3) is 0. The lowest BCUT2D eigenvalue weighted by Gasteiger charge is -1.93. The molecular weight excluding hydrogens is 175 g/mol. The Morgan fingerprint density at radius 1 is 1.09 bits per heavy atom. The number of aromatic amines is 2. The molecule has 0 spiro atoms. The lowest BCUT2D eigenvalue weighted by atomic mass is 11.2. The standard InChI is InChI=1S/C4H6N4O2.ClH/c5-1-2(6)7-4(10)8-3(1)9;/h5H2,(H4,6,7,8,9,10);1H/i1+1,2+1,3+1;. The Kier molecular flexibility index (Phi) is 2.70. The Balaban J connectivity index is 0.000001000. The highest BCUT2D eigenvalue weighted by atomic mass is 35.5. The summed E-state index contributed by atoms with van der Waals surface area (Å²) in [6, 6.07) is 0. The number of hydrogen-bond acceptors (Lipinski definition) is 4. The molecule has 0 unspecified atom stereocenters. The summed E-state index contributed by atoms with van der Waals surface area (Å²) in [6.45, 7) is 0. The normalized spacial score (nSPS) is 8.73. The summed E-state index contributed by atoms with van der Waals surface area (Å²) < 4.78 is 0. The molecule has 1 rings (SSSR count). The molecule has 1 aromatic rings. The van der Waals surface area contributed by atoms with Gasteiger partial charge in [-0.3, -0.25) is 14.8 Å². The van der Waals surface area contributed by atoms with Gasteiger partial charge in [0.15, 0.2) is 0 Å². The highest BCUT2D eigenvalue weighted by Gasteiger charge is 1.98. The zero-order chi connectivity index (χ0) is 7.72. The van der Waals surface area contributed by atoms with Crippen LogP contribution in [0.3, 0.4) is 0 Å². The summed E-state index contributed by atoms with van der Waals surface area (Å²) in [4.78, 5) is 25.0. The van der Waals surface area contributed by atoms with E-state index in [-0.39, 0.29) is 23.9 Å². The van der Waals surface area contributed by atoms with Crippen LogP contribution in [0.2, 0.25) is 0 Å². The molecule has 1 heterocycles. The summed E-state index contributed by atoms with van der Waals surface area (Å²) in [5, 5.41) is 0. The molecule has 7 heteroatoms. The van der Waals surface area contributed by atoms with Crippen LogP contribution in [0.25, 0.3) is 0 Å². The largest absolute Gasteiger partial charge is 0.391 e. The number of rotatable bonds is 0. The minimum Gasteiger partial charge on any atom is -0.391 e. The maximum absolute atomic E-state index is 10.6. The minimum atomic E-state index is -0.666. The highest BCUT2D eigenvalue weighted by Crippen LogP contribution is 1.96. The van der Waals surface area contributed by atoms with Gasteiger partial charge in [-0.05, 0) is 0 Å². The molecule has 1 aromatic heterocycles. The minimum absolute atomic E-state index is 0. The average molecular weight is 182 g/mol. The van der Waals surface area contributed by atoms with E-state index in [9.17, 15) is 9.59 Å². The Bertz CT molecular complexity index is 354. The molecule has 0 aliphatic carbocycles. The van der Waals surface area contributed by atoms with E-state index in [4.69, 9.17) is 11.5 Å². The van der Waals surface area contributed by atoms with E-state index in [1.165, 1.54) is 0 Å². The van der Waals surface area contributed by atoms with Crippen molar-refractivity contribution in [2.45, 2.75) is 0 Å². The van der Waals surface area contributed by atoms with Gasteiger partial charge in [0.25, 0.3) is 5.56 Å². The molecule has 0 aromatic carbocycles. The number of H-pyrrole nitrogens is 2. The molecular formula is C4H7ClN4O2. The highest BCUT2D eigenvalue weighted by molar-refractivity contribution is 5.85. The van der Waals surface area contributed by atoms with Crippen LogP contribution in [0.15, 0.2) is 9.59 Å². The summed E-state index contributed by atoms with van der Waals surface area (Å²) >= 11 is 0. The fourth-order valence-electron chi connectivity index (χ4n) is 0.514. The van der Waals surface area contributed by atoms with E-state index in [2.05, 4.69) is 4.98 Å². The van der Waals surface area contributed by atoms with Gasteiger partial charge in [0.2, 0.25) is 0 Å². The molecule has 62 valence electrons. The lowest BCUT2D eigenvalue weighted by Crippen LogP contribution is -2.26. The predicted octanol–water partition coefficient (Wildman–Crippen LogP) is -1.35. The second-order valence-corrected chi connectivity index (χ2v) is 1.74. The van der Waals surface area contributed by atoms with Crippen molar-refractivity contribution < 1.29 is 0 Å². The Hall–Kier alpha value is -1.43. The average Bonchev–Trinajstić information content (AvgIpc) is 1.82. The van der Waals surface area contributed by atoms with Gasteiger partial charge in [0.1, 0.15) is 11.5 Å². The van der Waals surface area contributed by atoms with Crippen LogP contribution in [0.5, 0.6) is 0 Å². The van der Waals surface area contributed by atoms with Crippen molar-refractivity contribution in [3.05, 3.63) is 20.8 Å². The first-order chi connectivity index (χ1) is 4.61. The second-order valence-electron chi connectivity index (χ2n) is 1.74. The first kappa shape index (κ1) is 9.57. The van der Waals surface area contributed by atoms with Gasteiger partial charge in [-0.15, -0.1) is 12.4 Å². The molecule has 0 atom stereocenters. The van der Waals surface area contributed by atoms with Crippen LogP contribution in [-0.2, 0) is 0 Å². The predicted molar refractivity (Wildman–Crippen MR) is 43.8 cm³/mol. The molecule has 6 N–H and O–H groups in total. The van der Waals surface area contributed by atoms with E-state index in [0.717, 1.165) is 0 Å². The molecule has 0 aliphatic heterocycles. The lowest BCUT2D eigenvalue weighted by molar-refractivity contribution is 1.05. The quantitative estimate of drug-likeness (QED) is 0.396. The van der Waals surface area contributed by atoms with Crippen LogP contribution in [0, 0.1) is 0 Å². The van der Waals surface area contributed by atoms with E-state index in [1.54, 1.807) is 0 Å². The maximum atomic E-state index is 10.6. The number of nitrogens with one attached hydrogen (secondary N) is 2. The van der Waals surface area contributed by atoms with Crippen LogP contribution in [0.4, 0.5) is 11.5 Å². The molecule has 11 heavy (non-hydrogen) atoms. The van der Waals surface area contributed by atoms with Crippen molar-refractivity contribution in [3.63, 3.8) is 0 Å². The van der Waals surface area contributed by atoms with Crippen molar-refractivity contribution in [1.29, 1.82) is 0 Å². The van der Waals surface area contributed by atoms with Gasteiger partial charge in [-0.25, -0.2) is 4.79 Å². The number of hydrogen-bond donors (Lipinski definition) is 4. The number of nitrogen functional groups attached to an aromatic ring is 2. The summed E-state index contributed by atoms with van der Waals surface area (Å²) in [5.41, 5.74) is 8.74. The Morgan fingerprint density at radius 2 is 1.64 bits per heavy atom. The number of aromatic nitrogens is 2. The number of anilines is 2. The van der Waals surface area contributed by atoms with E-state index >= 15 is 0 Å². The van der Waals surface area contributed by atoms with Gasteiger partial charge in [0.05, 0.1) is 0 Å². The third kappa shape index (κ3) is 1.74. The molecule has 0 amide bonds. The molecule has 0 saturated heterocycles. The van der Waals surface area contributed by atoms with Crippen LogP contribution in [-0.4, -0.2) is 9.97 Å². The van der Waals surface area contributed by atoms with E-state index < -0.39 is 11.2 Å². The third-order valence-electron chi connectivity index (χ3n) is 1.01. The summed E-state index contributed by atoms with van der Waals surface area (Å²) in [7, 11) is 0. The zero-order valence-electron chi connectivity index (χ0n) is 5.38. The second kappa shape index (κ2) is 3.11. The number of halogens is 1. The van der Waals surface area contributed by atoms with Crippen molar-refractivity contribution in [3.8, 4) is 0 Å². The molecule has 0 aliphatic rings. The SMILES string of the molecule is Cl.N[13c]1[nH]c(=O)[nH][13c](=O)[13c]1N. The summed E-state index contributed by atoms with van der Waals surface area (Å²) in [6.07, 6.45) is 0. The van der Waals surface area contributed by atoms with Gasteiger partial charge >= 0.3 is 5.69 Å². The van der Waals surface area contributed by atoms with Crippen LogP contribution < -0.4 is 22.7 Å². The van der Waals surface area contributed by atoms with E-state index in [1.807, 2.05) is 4.98 Å². The number of nitrogens with two attached hydrogens (primary N) is 2. The van der Waals surface area contributed by atoms with E-state index in [0.29, 0.717) is 0 Å². The van der Waals surface area contributed by atoms with Crippen molar-refractivity contribution in [2.24, 2.45) is 0 Å². The first-order valence-electron chi connectivity index (χ1n) is 2.49. The monoisotopic (exact) mass is 181 g/mol. The topological polar surface area (TPSA) is 118 Å². The van der Waals surface area contributed by atoms with Crippen LogP contribution >= 0.6 is 12.4 Å².